The lowest BCUT2D eigenvalue weighted by molar-refractivity contribution is 0.147. The first-order valence-corrected chi connectivity index (χ1v) is 10.7. The molecule has 0 aliphatic carbocycles. The molecular weight excluding hydrogens is 463 g/mol. The lowest BCUT2D eigenvalue weighted by Crippen LogP contribution is -2.45. The van der Waals surface area contributed by atoms with Crippen molar-refractivity contribution in [3.8, 4) is 0 Å². The molecule has 158 valence electrons. The number of hydrogen-bond donors (Lipinski definition) is 2. The maximum atomic E-state index is 4.53. The Labute approximate surface area is 187 Å². The number of halogens is 1. The highest BCUT2D eigenvalue weighted by Gasteiger charge is 2.20. The van der Waals surface area contributed by atoms with Gasteiger partial charge in [0.05, 0.1) is 0 Å². The van der Waals surface area contributed by atoms with E-state index in [0.29, 0.717) is 0 Å². The Balaban J connectivity index is 0.00000280. The fourth-order valence-corrected chi connectivity index (χ4v) is 4.23. The van der Waals surface area contributed by atoms with E-state index in [1.807, 2.05) is 13.2 Å². The van der Waals surface area contributed by atoms with Crippen LogP contribution in [0.5, 0.6) is 0 Å². The first-order valence-electron chi connectivity index (χ1n) is 10.7. The maximum absolute atomic E-state index is 4.53. The van der Waals surface area contributed by atoms with Gasteiger partial charge in [-0.05, 0) is 56.3 Å². The van der Waals surface area contributed by atoms with Crippen molar-refractivity contribution in [2.75, 3.05) is 44.7 Å². The minimum absolute atomic E-state index is 0. The lowest BCUT2D eigenvalue weighted by atomic mass is 10.0. The number of piperidine rings is 1. The van der Waals surface area contributed by atoms with Gasteiger partial charge in [-0.25, -0.2) is 4.98 Å². The number of nitrogens with one attached hydrogen (secondary N) is 2. The van der Waals surface area contributed by atoms with Crippen LogP contribution in [0.3, 0.4) is 0 Å². The zero-order chi connectivity index (χ0) is 18.9. The molecule has 0 amide bonds. The van der Waals surface area contributed by atoms with Crippen molar-refractivity contribution in [2.24, 2.45) is 4.99 Å². The molecule has 6 nitrogen and oxygen atoms in total. The predicted molar refractivity (Wildman–Crippen MR) is 129 cm³/mol. The highest BCUT2D eigenvalue weighted by Crippen LogP contribution is 2.19. The van der Waals surface area contributed by atoms with Crippen molar-refractivity contribution < 1.29 is 0 Å². The second kappa shape index (κ2) is 12.5. The van der Waals surface area contributed by atoms with Crippen molar-refractivity contribution in [3.05, 3.63) is 23.9 Å². The summed E-state index contributed by atoms with van der Waals surface area (Å²) in [7, 11) is 1.84. The summed E-state index contributed by atoms with van der Waals surface area (Å²) in [5, 5.41) is 6.91. The molecule has 0 saturated carbocycles. The lowest BCUT2D eigenvalue weighted by Gasteiger charge is -2.35. The highest BCUT2D eigenvalue weighted by molar-refractivity contribution is 14.0. The van der Waals surface area contributed by atoms with Crippen LogP contribution < -0.4 is 15.5 Å². The Kier molecular flexibility index (Phi) is 10.3. The second-order valence-corrected chi connectivity index (χ2v) is 7.66. The Bertz CT molecular complexity index is 602. The molecule has 2 N–H and O–H groups in total. The third-order valence-corrected chi connectivity index (χ3v) is 5.84. The molecule has 3 heterocycles. The summed E-state index contributed by atoms with van der Waals surface area (Å²) in [5.41, 5.74) is 1.25. The third-order valence-electron chi connectivity index (χ3n) is 5.84. The Morgan fingerprint density at radius 1 is 1.18 bits per heavy atom. The predicted octanol–water partition coefficient (Wildman–Crippen LogP) is 3.23. The topological polar surface area (TPSA) is 55.8 Å². The van der Waals surface area contributed by atoms with Gasteiger partial charge in [0.1, 0.15) is 5.82 Å². The summed E-state index contributed by atoms with van der Waals surface area (Å²) in [6.07, 6.45) is 9.80. The van der Waals surface area contributed by atoms with Crippen molar-refractivity contribution in [3.63, 3.8) is 0 Å². The number of pyridine rings is 1. The monoisotopic (exact) mass is 500 g/mol. The zero-order valence-electron chi connectivity index (χ0n) is 17.5. The van der Waals surface area contributed by atoms with E-state index in [-0.39, 0.29) is 24.0 Å². The molecule has 1 unspecified atom stereocenters. The molecule has 3 rings (SSSR count). The summed E-state index contributed by atoms with van der Waals surface area (Å²) in [4.78, 5) is 13.9. The molecule has 1 aromatic heterocycles. The van der Waals surface area contributed by atoms with Crippen LogP contribution in [0.1, 0.15) is 51.0 Å². The largest absolute Gasteiger partial charge is 0.357 e. The number of aromatic nitrogens is 1. The quantitative estimate of drug-likeness (QED) is 0.342. The van der Waals surface area contributed by atoms with Gasteiger partial charge in [0.25, 0.3) is 0 Å². The van der Waals surface area contributed by atoms with E-state index >= 15 is 0 Å². The number of guanidine groups is 1. The van der Waals surface area contributed by atoms with Gasteiger partial charge >= 0.3 is 0 Å². The minimum Gasteiger partial charge on any atom is -0.357 e. The molecule has 0 radical (unpaired) electrons. The molecule has 28 heavy (non-hydrogen) atoms. The number of likely N-dealkylation sites (tertiary alicyclic amines) is 1. The minimum atomic E-state index is 0. The van der Waals surface area contributed by atoms with E-state index in [2.05, 4.69) is 49.5 Å². The van der Waals surface area contributed by atoms with E-state index in [1.165, 1.54) is 50.6 Å². The summed E-state index contributed by atoms with van der Waals surface area (Å²) in [6.45, 7) is 8.60. The Hall–Kier alpha value is -1.09. The van der Waals surface area contributed by atoms with E-state index < -0.39 is 0 Å². The molecule has 0 aromatic carbocycles. The molecule has 2 aliphatic heterocycles. The standard InChI is InChI=1S/C21H36N6.HI/c1-3-19-8-4-5-12-26(19)15-11-24-21(22-2)25-17-18-9-10-23-20(16-18)27-13-6-7-14-27;/h9-10,16,19H,3-8,11-15,17H2,1-2H3,(H2,22,24,25);1H. The van der Waals surface area contributed by atoms with Crippen LogP contribution in [0.15, 0.2) is 23.3 Å². The van der Waals surface area contributed by atoms with Gasteiger partial charge < -0.3 is 15.5 Å². The van der Waals surface area contributed by atoms with Crippen LogP contribution in [-0.4, -0.2) is 61.7 Å². The fraction of sp³-hybridized carbons (Fsp3) is 0.714. The fourth-order valence-electron chi connectivity index (χ4n) is 4.23. The highest BCUT2D eigenvalue weighted by atomic mass is 127. The van der Waals surface area contributed by atoms with Crippen LogP contribution in [0.4, 0.5) is 5.82 Å². The van der Waals surface area contributed by atoms with E-state index in [1.54, 1.807) is 0 Å². The van der Waals surface area contributed by atoms with Crippen molar-refractivity contribution in [2.45, 2.75) is 58.0 Å². The molecule has 0 spiro atoms. The molecule has 2 saturated heterocycles. The van der Waals surface area contributed by atoms with E-state index in [9.17, 15) is 0 Å². The molecule has 1 aromatic rings. The van der Waals surface area contributed by atoms with Crippen molar-refractivity contribution >= 4 is 35.8 Å². The number of nitrogens with zero attached hydrogens (tertiary/aromatic N) is 4. The van der Waals surface area contributed by atoms with Crippen molar-refractivity contribution in [1.82, 2.24) is 20.5 Å². The summed E-state index contributed by atoms with van der Waals surface area (Å²) in [6, 6.07) is 5.04. The van der Waals surface area contributed by atoms with Gasteiger partial charge in [0, 0.05) is 52.0 Å². The molecular formula is C21H37IN6. The van der Waals surface area contributed by atoms with Crippen LogP contribution in [0, 0.1) is 0 Å². The first kappa shape index (κ1) is 23.2. The molecule has 2 fully saturated rings. The van der Waals surface area contributed by atoms with E-state index in [0.717, 1.165) is 50.5 Å². The smallest absolute Gasteiger partial charge is 0.191 e. The second-order valence-electron chi connectivity index (χ2n) is 7.66. The average molecular weight is 500 g/mol. The van der Waals surface area contributed by atoms with Gasteiger partial charge in [-0.2, -0.15) is 0 Å². The molecule has 1 atom stereocenters. The van der Waals surface area contributed by atoms with E-state index in [4.69, 9.17) is 0 Å². The normalized spacial score (nSPS) is 20.7. The molecule has 0 bridgehead atoms. The SMILES string of the molecule is CCC1CCCCN1CCNC(=NC)NCc1ccnc(N2CCCC2)c1.I. The number of rotatable bonds is 7. The van der Waals surface area contributed by atoms with Gasteiger partial charge in [-0.1, -0.05) is 13.3 Å². The number of hydrogen-bond acceptors (Lipinski definition) is 4. The Morgan fingerprint density at radius 3 is 2.71 bits per heavy atom. The van der Waals surface area contributed by atoms with Crippen LogP contribution in [0.25, 0.3) is 0 Å². The van der Waals surface area contributed by atoms with Crippen LogP contribution >= 0.6 is 24.0 Å². The number of anilines is 1. The average Bonchev–Trinajstić information content (AvgIpc) is 3.26. The first-order chi connectivity index (χ1) is 13.3. The number of aliphatic imine (C=N–C) groups is 1. The van der Waals surface area contributed by atoms with Gasteiger partial charge in [0.2, 0.25) is 0 Å². The molecule has 7 heteroatoms. The summed E-state index contributed by atoms with van der Waals surface area (Å²) >= 11 is 0. The van der Waals surface area contributed by atoms with Gasteiger partial charge in [-0.15, -0.1) is 24.0 Å². The van der Waals surface area contributed by atoms with Crippen molar-refractivity contribution in [1.29, 1.82) is 0 Å². The Morgan fingerprint density at radius 2 is 1.96 bits per heavy atom. The maximum Gasteiger partial charge on any atom is 0.191 e. The van der Waals surface area contributed by atoms with Gasteiger partial charge in [0.15, 0.2) is 5.96 Å². The molecule has 2 aliphatic rings. The summed E-state index contributed by atoms with van der Waals surface area (Å²) < 4.78 is 0. The third kappa shape index (κ3) is 6.76. The van der Waals surface area contributed by atoms with Gasteiger partial charge in [-0.3, -0.25) is 9.89 Å². The zero-order valence-corrected chi connectivity index (χ0v) is 19.8. The van der Waals surface area contributed by atoms with Crippen LogP contribution in [-0.2, 0) is 6.54 Å². The van der Waals surface area contributed by atoms with Crippen LogP contribution in [0.2, 0.25) is 0 Å². The summed E-state index contributed by atoms with van der Waals surface area (Å²) in [5.74, 6) is 1.98.